The Labute approximate surface area is 142 Å². The third kappa shape index (κ3) is 4.10. The van der Waals surface area contributed by atoms with E-state index < -0.39 is 6.17 Å². The van der Waals surface area contributed by atoms with Gasteiger partial charge in [-0.1, -0.05) is 27.7 Å². The zero-order valence-electron chi connectivity index (χ0n) is 15.5. The topological polar surface area (TPSA) is 24.1 Å². The van der Waals surface area contributed by atoms with E-state index in [1.165, 1.54) is 25.7 Å². The SMILES string of the molecule is CC1CNC(C2CC(C)C(C3CC(C)CC(C)C3)C(F)C2)NC1. The number of alkyl halides is 1. The van der Waals surface area contributed by atoms with Crippen molar-refractivity contribution in [2.75, 3.05) is 13.1 Å². The van der Waals surface area contributed by atoms with Crippen LogP contribution in [0.3, 0.4) is 0 Å². The zero-order chi connectivity index (χ0) is 16.6. The fourth-order valence-corrected chi connectivity index (χ4v) is 6.02. The van der Waals surface area contributed by atoms with Gasteiger partial charge in [0.15, 0.2) is 0 Å². The van der Waals surface area contributed by atoms with Gasteiger partial charge in [-0.05, 0) is 73.5 Å². The van der Waals surface area contributed by atoms with Crippen LogP contribution in [0.4, 0.5) is 4.39 Å². The summed E-state index contributed by atoms with van der Waals surface area (Å²) >= 11 is 0. The van der Waals surface area contributed by atoms with Crippen LogP contribution in [0.2, 0.25) is 0 Å². The Morgan fingerprint density at radius 2 is 1.30 bits per heavy atom. The molecule has 0 spiro atoms. The van der Waals surface area contributed by atoms with Crippen molar-refractivity contribution in [3.05, 3.63) is 0 Å². The van der Waals surface area contributed by atoms with Gasteiger partial charge in [0.2, 0.25) is 0 Å². The lowest BCUT2D eigenvalue weighted by atomic mass is 9.62. The van der Waals surface area contributed by atoms with Crippen LogP contribution in [0.5, 0.6) is 0 Å². The normalized spacial score (nSPS) is 52.3. The second-order valence-electron chi connectivity index (χ2n) is 9.38. The highest BCUT2D eigenvalue weighted by atomic mass is 19.1. The van der Waals surface area contributed by atoms with Gasteiger partial charge in [0.1, 0.15) is 6.17 Å². The highest BCUT2D eigenvalue weighted by Crippen LogP contribution is 2.47. The van der Waals surface area contributed by atoms with Crippen molar-refractivity contribution in [2.45, 2.75) is 72.1 Å². The summed E-state index contributed by atoms with van der Waals surface area (Å²) in [4.78, 5) is 0. The minimum atomic E-state index is -0.603. The van der Waals surface area contributed by atoms with Crippen molar-refractivity contribution < 1.29 is 4.39 Å². The lowest BCUT2D eigenvalue weighted by Crippen LogP contribution is -2.57. The van der Waals surface area contributed by atoms with Crippen molar-refractivity contribution in [1.29, 1.82) is 0 Å². The van der Waals surface area contributed by atoms with E-state index >= 15 is 4.39 Å². The summed E-state index contributed by atoms with van der Waals surface area (Å²) in [5, 5.41) is 7.22. The summed E-state index contributed by atoms with van der Waals surface area (Å²) in [7, 11) is 0. The molecule has 2 aliphatic carbocycles. The van der Waals surface area contributed by atoms with Gasteiger partial charge < -0.3 is 10.6 Å². The Bertz CT molecular complexity index is 358. The van der Waals surface area contributed by atoms with Gasteiger partial charge in [0, 0.05) is 13.1 Å². The van der Waals surface area contributed by atoms with Crippen LogP contribution in [-0.4, -0.2) is 25.4 Å². The monoisotopic (exact) mass is 324 g/mol. The van der Waals surface area contributed by atoms with E-state index in [1.54, 1.807) is 0 Å². The molecule has 134 valence electrons. The Balaban J connectivity index is 1.61. The lowest BCUT2D eigenvalue weighted by Gasteiger charge is -2.47. The summed E-state index contributed by atoms with van der Waals surface area (Å²) in [6, 6.07) is 0. The molecule has 2 N–H and O–H groups in total. The smallest absolute Gasteiger partial charge is 0.104 e. The Kier molecular flexibility index (Phi) is 5.68. The van der Waals surface area contributed by atoms with Gasteiger partial charge >= 0.3 is 0 Å². The van der Waals surface area contributed by atoms with Gasteiger partial charge in [-0.3, -0.25) is 0 Å². The predicted molar refractivity (Wildman–Crippen MR) is 94.9 cm³/mol. The van der Waals surface area contributed by atoms with E-state index in [0.717, 1.165) is 31.3 Å². The number of hydrogen-bond donors (Lipinski definition) is 2. The van der Waals surface area contributed by atoms with Gasteiger partial charge in [0.05, 0.1) is 6.17 Å². The molecule has 1 saturated heterocycles. The van der Waals surface area contributed by atoms with Gasteiger partial charge in [0.25, 0.3) is 0 Å². The molecule has 0 bridgehead atoms. The molecule has 0 aromatic rings. The summed E-state index contributed by atoms with van der Waals surface area (Å²) in [5.41, 5.74) is 0. The summed E-state index contributed by atoms with van der Waals surface area (Å²) < 4.78 is 15.2. The second-order valence-corrected chi connectivity index (χ2v) is 9.38. The Morgan fingerprint density at radius 3 is 1.87 bits per heavy atom. The molecule has 0 amide bonds. The van der Waals surface area contributed by atoms with E-state index in [4.69, 9.17) is 0 Å². The fraction of sp³-hybridized carbons (Fsp3) is 1.00. The van der Waals surface area contributed by atoms with Crippen molar-refractivity contribution in [2.24, 2.45) is 41.4 Å². The maximum Gasteiger partial charge on any atom is 0.104 e. The molecule has 6 unspecified atom stereocenters. The third-order valence-corrected chi connectivity index (χ3v) is 6.88. The maximum atomic E-state index is 15.2. The first-order valence-corrected chi connectivity index (χ1v) is 10.0. The Hall–Kier alpha value is -0.150. The molecule has 1 heterocycles. The van der Waals surface area contributed by atoms with Gasteiger partial charge in [-0.15, -0.1) is 0 Å². The van der Waals surface area contributed by atoms with Crippen molar-refractivity contribution >= 4 is 0 Å². The molecular formula is C20H37FN2. The number of rotatable bonds is 2. The number of nitrogens with one attached hydrogen (secondary N) is 2. The largest absolute Gasteiger partial charge is 0.301 e. The number of hydrogen-bond acceptors (Lipinski definition) is 2. The first-order valence-electron chi connectivity index (χ1n) is 10.0. The van der Waals surface area contributed by atoms with E-state index in [9.17, 15) is 0 Å². The van der Waals surface area contributed by atoms with Crippen molar-refractivity contribution in [3.8, 4) is 0 Å². The molecule has 3 heteroatoms. The standard InChI is InChI=1S/C20H37FN2/c1-12-5-13(2)7-16(6-12)19-15(4)8-17(9-18(19)21)20-22-10-14(3)11-23-20/h12-20,22-23H,5-11H2,1-4H3. The molecule has 2 nitrogen and oxygen atoms in total. The summed E-state index contributed by atoms with van der Waals surface area (Å²) in [6.45, 7) is 11.4. The second kappa shape index (κ2) is 7.39. The molecule has 6 atom stereocenters. The highest BCUT2D eigenvalue weighted by molar-refractivity contribution is 4.94. The van der Waals surface area contributed by atoms with E-state index in [-0.39, 0.29) is 0 Å². The predicted octanol–water partition coefficient (Wildman–Crippen LogP) is 4.21. The minimum absolute atomic E-state index is 0.305. The first kappa shape index (κ1) is 17.7. The minimum Gasteiger partial charge on any atom is -0.301 e. The molecule has 2 saturated carbocycles. The van der Waals surface area contributed by atoms with Crippen LogP contribution in [0, 0.1) is 41.4 Å². The maximum absolute atomic E-state index is 15.2. The molecule has 3 fully saturated rings. The fourth-order valence-electron chi connectivity index (χ4n) is 6.02. The van der Waals surface area contributed by atoms with E-state index in [2.05, 4.69) is 38.3 Å². The van der Waals surface area contributed by atoms with Crippen LogP contribution in [0.1, 0.15) is 59.8 Å². The van der Waals surface area contributed by atoms with Crippen LogP contribution < -0.4 is 10.6 Å². The number of halogens is 1. The van der Waals surface area contributed by atoms with Crippen molar-refractivity contribution in [3.63, 3.8) is 0 Å². The van der Waals surface area contributed by atoms with Crippen molar-refractivity contribution in [1.82, 2.24) is 10.6 Å². The van der Waals surface area contributed by atoms with E-state index in [1.807, 2.05) is 0 Å². The highest BCUT2D eigenvalue weighted by Gasteiger charge is 2.44. The molecule has 0 aromatic heterocycles. The first-order chi connectivity index (χ1) is 10.9. The van der Waals surface area contributed by atoms with Gasteiger partial charge in [-0.2, -0.15) is 0 Å². The van der Waals surface area contributed by atoms with Crippen LogP contribution >= 0.6 is 0 Å². The Morgan fingerprint density at radius 1 is 0.696 bits per heavy atom. The van der Waals surface area contributed by atoms with Crippen LogP contribution in [0.15, 0.2) is 0 Å². The average molecular weight is 325 g/mol. The average Bonchev–Trinajstić information content (AvgIpc) is 2.46. The van der Waals surface area contributed by atoms with E-state index in [0.29, 0.717) is 35.8 Å². The lowest BCUT2D eigenvalue weighted by molar-refractivity contribution is -0.00532. The summed E-state index contributed by atoms with van der Waals surface area (Å²) in [5.74, 6) is 4.15. The zero-order valence-corrected chi connectivity index (χ0v) is 15.5. The molecule has 3 aliphatic rings. The van der Waals surface area contributed by atoms with Crippen LogP contribution in [-0.2, 0) is 0 Å². The molecule has 0 radical (unpaired) electrons. The molecule has 3 rings (SSSR count). The van der Waals surface area contributed by atoms with Gasteiger partial charge in [-0.25, -0.2) is 4.39 Å². The quantitative estimate of drug-likeness (QED) is 0.795. The molecule has 1 aliphatic heterocycles. The van der Waals surface area contributed by atoms with Crippen LogP contribution in [0.25, 0.3) is 0 Å². The molecule has 0 aromatic carbocycles. The molecular weight excluding hydrogens is 287 g/mol. The summed E-state index contributed by atoms with van der Waals surface area (Å²) in [6.07, 6.45) is 5.51. The molecule has 23 heavy (non-hydrogen) atoms. The third-order valence-electron chi connectivity index (χ3n) is 6.88.